The smallest absolute Gasteiger partial charge is 0.391 e. The quantitative estimate of drug-likeness (QED) is 0.0243. The maximum Gasteiger partial charge on any atom is 0.472 e. The molecule has 0 heterocycles. The Kier molecular flexibility index (Phi) is 56.9. The summed E-state index contributed by atoms with van der Waals surface area (Å²) in [6.45, 7) is 4.82. The number of phosphoric acid groups is 1. The fraction of sp³-hybridized carbons (Fsp3) is 0.866. The number of hydrogen-bond donors (Lipinski definition) is 3. The van der Waals surface area contributed by atoms with Gasteiger partial charge in [-0.25, -0.2) is 4.57 Å². The first-order chi connectivity index (χ1) is 37.0. The van der Waals surface area contributed by atoms with Crippen LogP contribution in [0.15, 0.2) is 48.6 Å². The first kappa shape index (κ1) is 74.5. The average molecular weight is 1090 g/mol. The molecule has 3 unspecified atom stereocenters. The molecular formula is C67H130N2O6P+. The summed E-state index contributed by atoms with van der Waals surface area (Å²) in [5.74, 6) is -0.138. The van der Waals surface area contributed by atoms with Crippen LogP contribution in [0.3, 0.4) is 0 Å². The number of amides is 1. The molecule has 3 N–H and O–H groups in total. The lowest BCUT2D eigenvalue weighted by Crippen LogP contribution is -2.46. The van der Waals surface area contributed by atoms with Gasteiger partial charge in [0.1, 0.15) is 13.2 Å². The molecule has 9 heteroatoms. The van der Waals surface area contributed by atoms with E-state index in [1.54, 1.807) is 0 Å². The molecule has 0 aliphatic rings. The Morgan fingerprint density at radius 1 is 0.461 bits per heavy atom. The van der Waals surface area contributed by atoms with Crippen molar-refractivity contribution < 1.29 is 32.9 Å². The third-order valence-electron chi connectivity index (χ3n) is 15.1. The van der Waals surface area contributed by atoms with Gasteiger partial charge in [-0.05, 0) is 51.4 Å². The lowest BCUT2D eigenvalue weighted by molar-refractivity contribution is -0.870. The minimum absolute atomic E-state index is 0.0767. The number of phosphoric ester groups is 1. The number of likely N-dealkylation sites (N-methyl/N-ethyl adjacent to an activating group) is 1. The van der Waals surface area contributed by atoms with E-state index in [0.717, 1.165) is 64.2 Å². The minimum Gasteiger partial charge on any atom is -0.391 e. The van der Waals surface area contributed by atoms with Crippen LogP contribution in [-0.2, 0) is 18.4 Å². The maximum absolute atomic E-state index is 13.0. The summed E-state index contributed by atoms with van der Waals surface area (Å²) < 4.78 is 23.8. The molecular weight excluding hydrogens is 960 g/mol. The molecule has 0 aliphatic heterocycles. The second-order valence-corrected chi connectivity index (χ2v) is 25.3. The van der Waals surface area contributed by atoms with Crippen LogP contribution in [0.1, 0.15) is 322 Å². The number of quaternary nitrogens is 1. The van der Waals surface area contributed by atoms with Crippen molar-refractivity contribution in [3.05, 3.63) is 48.6 Å². The Bertz CT molecular complexity index is 1380. The van der Waals surface area contributed by atoms with Crippen molar-refractivity contribution in [1.29, 1.82) is 0 Å². The summed E-state index contributed by atoms with van der Waals surface area (Å²) in [4.78, 5) is 23.4. The number of carbonyl (C=O) groups is 1. The average Bonchev–Trinajstić information content (AvgIpc) is 3.38. The summed E-state index contributed by atoms with van der Waals surface area (Å²) in [6.07, 6.45) is 77.8. The van der Waals surface area contributed by atoms with Gasteiger partial charge >= 0.3 is 7.82 Å². The number of nitrogens with zero attached hydrogens (tertiary/aromatic N) is 1. The molecule has 0 aromatic rings. The van der Waals surface area contributed by atoms with Gasteiger partial charge in [0.2, 0.25) is 5.91 Å². The number of carbonyl (C=O) groups excluding carboxylic acids is 1. The first-order valence-electron chi connectivity index (χ1n) is 33.0. The summed E-state index contributed by atoms with van der Waals surface area (Å²) in [5.41, 5.74) is 0. The minimum atomic E-state index is -4.32. The van der Waals surface area contributed by atoms with E-state index < -0.39 is 20.0 Å². The van der Waals surface area contributed by atoms with Crippen LogP contribution < -0.4 is 5.32 Å². The van der Waals surface area contributed by atoms with E-state index in [9.17, 15) is 19.4 Å². The number of nitrogens with one attached hydrogen (secondary N) is 1. The van der Waals surface area contributed by atoms with Crippen LogP contribution in [0.5, 0.6) is 0 Å². The molecule has 3 atom stereocenters. The van der Waals surface area contributed by atoms with Crippen molar-refractivity contribution in [3.63, 3.8) is 0 Å². The molecule has 0 saturated carbocycles. The van der Waals surface area contributed by atoms with Crippen molar-refractivity contribution in [2.45, 2.75) is 334 Å². The Morgan fingerprint density at radius 3 is 1.16 bits per heavy atom. The molecule has 0 saturated heterocycles. The molecule has 0 fully saturated rings. The molecule has 76 heavy (non-hydrogen) atoms. The van der Waals surface area contributed by atoms with Gasteiger partial charge < -0.3 is 19.8 Å². The third-order valence-corrected chi connectivity index (χ3v) is 16.1. The van der Waals surface area contributed by atoms with E-state index in [2.05, 4.69) is 67.8 Å². The summed E-state index contributed by atoms with van der Waals surface area (Å²) in [7, 11) is 1.63. The predicted molar refractivity (Wildman–Crippen MR) is 332 cm³/mol. The number of allylic oxidation sites excluding steroid dienone is 8. The Hall–Kier alpha value is -1.54. The highest BCUT2D eigenvalue weighted by Crippen LogP contribution is 2.43. The van der Waals surface area contributed by atoms with Gasteiger partial charge in [0.05, 0.1) is 39.9 Å². The largest absolute Gasteiger partial charge is 0.472 e. The molecule has 8 nitrogen and oxygen atoms in total. The fourth-order valence-electron chi connectivity index (χ4n) is 9.98. The maximum atomic E-state index is 13.0. The van der Waals surface area contributed by atoms with Gasteiger partial charge in [0, 0.05) is 6.42 Å². The number of aliphatic hydroxyl groups excluding tert-OH is 1. The predicted octanol–water partition coefficient (Wildman–Crippen LogP) is 20.7. The topological polar surface area (TPSA) is 105 Å². The molecule has 0 spiro atoms. The molecule has 0 aromatic heterocycles. The normalized spacial score (nSPS) is 14.0. The van der Waals surface area contributed by atoms with Gasteiger partial charge in [-0.15, -0.1) is 0 Å². The summed E-state index contributed by atoms with van der Waals surface area (Å²) in [6, 6.07) is -0.759. The van der Waals surface area contributed by atoms with Crippen LogP contribution in [-0.4, -0.2) is 73.4 Å². The zero-order chi connectivity index (χ0) is 55.6. The molecule has 0 bridgehead atoms. The standard InChI is InChI=1S/C67H129N2O6P/c1-6-8-10-12-14-16-18-20-22-24-25-26-27-28-29-30-31-32-33-34-35-36-37-38-39-40-41-42-43-45-47-49-51-53-55-57-59-61-67(71)68-65(64-75-76(72,73)74-63-62-69(3,4)5)66(70)60-58-56-54-52-50-48-46-44-23-21-19-17-15-13-11-9-7-2/h8,10,14,16,20,22,25-26,65-66,70H,6-7,9,11-13,15,17-19,21,23-24,27-64H2,1-5H3,(H-,68,71,72,73)/p+1/b10-8-,16-14-,22-20-,26-25-. The van der Waals surface area contributed by atoms with E-state index in [-0.39, 0.29) is 19.1 Å². The lowest BCUT2D eigenvalue weighted by Gasteiger charge is -2.26. The van der Waals surface area contributed by atoms with Crippen LogP contribution in [0.4, 0.5) is 0 Å². The lowest BCUT2D eigenvalue weighted by atomic mass is 10.0. The van der Waals surface area contributed by atoms with E-state index in [0.29, 0.717) is 23.9 Å². The monoisotopic (exact) mass is 1090 g/mol. The van der Waals surface area contributed by atoms with E-state index in [1.807, 2.05) is 21.1 Å². The number of rotatable bonds is 61. The molecule has 0 aromatic carbocycles. The van der Waals surface area contributed by atoms with Gasteiger partial charge in [-0.3, -0.25) is 13.8 Å². The van der Waals surface area contributed by atoms with Crippen LogP contribution in [0.2, 0.25) is 0 Å². The highest BCUT2D eigenvalue weighted by molar-refractivity contribution is 7.47. The molecule has 0 rings (SSSR count). The molecule has 448 valence electrons. The number of unbranched alkanes of at least 4 members (excludes halogenated alkanes) is 40. The fourth-order valence-corrected chi connectivity index (χ4v) is 10.7. The van der Waals surface area contributed by atoms with Crippen molar-refractivity contribution in [2.75, 3.05) is 40.9 Å². The Morgan fingerprint density at radius 2 is 0.789 bits per heavy atom. The van der Waals surface area contributed by atoms with Crippen LogP contribution >= 0.6 is 7.82 Å². The SMILES string of the molecule is CC/C=C\C/C=C\C/C=C\C/C=C\CCCCCCCCCCCCCCCCCCCCCCCCCCC(=O)NC(COP(=O)(O)OCC[N+](C)(C)C)C(O)CCCCCCCCCCCCCCCCCCC. The summed E-state index contributed by atoms with van der Waals surface area (Å²) >= 11 is 0. The zero-order valence-corrected chi connectivity index (χ0v) is 52.2. The highest BCUT2D eigenvalue weighted by Gasteiger charge is 2.28. The second-order valence-electron chi connectivity index (χ2n) is 23.8. The van der Waals surface area contributed by atoms with Gasteiger partial charge in [-0.2, -0.15) is 0 Å². The second kappa shape index (κ2) is 58.1. The molecule has 0 aliphatic carbocycles. The Labute approximate surface area is 473 Å². The molecule has 1 amide bonds. The van der Waals surface area contributed by atoms with Crippen LogP contribution in [0.25, 0.3) is 0 Å². The Balaban J connectivity index is 3.92. The zero-order valence-electron chi connectivity index (χ0n) is 51.3. The van der Waals surface area contributed by atoms with Gasteiger partial charge in [-0.1, -0.05) is 313 Å². The number of aliphatic hydroxyl groups is 1. The van der Waals surface area contributed by atoms with E-state index in [4.69, 9.17) is 9.05 Å². The molecule has 0 radical (unpaired) electrons. The van der Waals surface area contributed by atoms with E-state index >= 15 is 0 Å². The van der Waals surface area contributed by atoms with Crippen molar-refractivity contribution in [2.24, 2.45) is 0 Å². The first-order valence-corrected chi connectivity index (χ1v) is 34.5. The third kappa shape index (κ3) is 60.1. The van der Waals surface area contributed by atoms with E-state index in [1.165, 1.54) is 231 Å². The van der Waals surface area contributed by atoms with Crippen molar-refractivity contribution in [3.8, 4) is 0 Å². The van der Waals surface area contributed by atoms with Crippen molar-refractivity contribution >= 4 is 13.7 Å². The summed E-state index contributed by atoms with van der Waals surface area (Å²) in [5, 5.41) is 14.1. The van der Waals surface area contributed by atoms with Gasteiger partial charge in [0.15, 0.2) is 0 Å². The highest BCUT2D eigenvalue weighted by atomic mass is 31.2. The van der Waals surface area contributed by atoms with Gasteiger partial charge in [0.25, 0.3) is 0 Å². The number of hydrogen-bond acceptors (Lipinski definition) is 5. The van der Waals surface area contributed by atoms with Crippen LogP contribution in [0, 0.1) is 0 Å². The van der Waals surface area contributed by atoms with Crippen molar-refractivity contribution in [1.82, 2.24) is 5.32 Å².